The van der Waals surface area contributed by atoms with Gasteiger partial charge in [0.15, 0.2) is 0 Å². The van der Waals surface area contributed by atoms with E-state index in [4.69, 9.17) is 5.73 Å². The summed E-state index contributed by atoms with van der Waals surface area (Å²) in [6, 6.07) is 9.59. The Hall–Kier alpha value is -3.22. The summed E-state index contributed by atoms with van der Waals surface area (Å²) in [5.41, 5.74) is 6.14. The summed E-state index contributed by atoms with van der Waals surface area (Å²) in [7, 11) is 0. The zero-order chi connectivity index (χ0) is 18.5. The number of rotatable bonds is 4. The van der Waals surface area contributed by atoms with Crippen LogP contribution in [0.4, 0.5) is 10.2 Å². The quantitative estimate of drug-likeness (QED) is 0.848. The number of aromatic nitrogens is 1. The second kappa shape index (κ2) is 7.77. The normalized spacial score (nSPS) is 14.7. The van der Waals surface area contributed by atoms with Crippen molar-refractivity contribution in [1.29, 1.82) is 0 Å². The van der Waals surface area contributed by atoms with Gasteiger partial charge >= 0.3 is 0 Å². The highest BCUT2D eigenvalue weighted by molar-refractivity contribution is 5.97. The summed E-state index contributed by atoms with van der Waals surface area (Å²) in [5, 5.41) is 0. The van der Waals surface area contributed by atoms with Crippen LogP contribution in [0.2, 0.25) is 0 Å². The van der Waals surface area contributed by atoms with Crippen LogP contribution in [0, 0.1) is 5.82 Å². The Morgan fingerprint density at radius 1 is 1.08 bits per heavy atom. The van der Waals surface area contributed by atoms with Crippen LogP contribution in [-0.4, -0.2) is 47.9 Å². The van der Waals surface area contributed by atoms with Crippen LogP contribution in [0.5, 0.6) is 0 Å². The highest BCUT2D eigenvalue weighted by Crippen LogP contribution is 2.18. The molecule has 2 N–H and O–H groups in total. The van der Waals surface area contributed by atoms with E-state index in [1.807, 2.05) is 4.90 Å². The summed E-state index contributed by atoms with van der Waals surface area (Å²) >= 11 is 0. The van der Waals surface area contributed by atoms with Crippen molar-refractivity contribution in [3.05, 3.63) is 65.6 Å². The lowest BCUT2D eigenvalue weighted by Crippen LogP contribution is -2.49. The number of carbonyl (C=O) groups excluding carboxylic acids is 2. The SMILES string of the molecule is NC(=O)c1cccnc1N1CCN(C(=O)/C=C/c2ccccc2F)CC1. The van der Waals surface area contributed by atoms with E-state index in [1.165, 1.54) is 18.2 Å². The minimum atomic E-state index is -0.528. The molecule has 0 saturated carbocycles. The van der Waals surface area contributed by atoms with Gasteiger partial charge in [-0.05, 0) is 24.3 Å². The summed E-state index contributed by atoms with van der Waals surface area (Å²) in [6.07, 6.45) is 4.47. The van der Waals surface area contributed by atoms with Gasteiger partial charge in [0, 0.05) is 44.0 Å². The Balaban J connectivity index is 1.63. The molecule has 0 unspecified atom stereocenters. The van der Waals surface area contributed by atoms with Crippen LogP contribution < -0.4 is 10.6 Å². The van der Waals surface area contributed by atoms with Crippen LogP contribution >= 0.6 is 0 Å². The van der Waals surface area contributed by atoms with Crippen LogP contribution in [0.1, 0.15) is 15.9 Å². The van der Waals surface area contributed by atoms with Gasteiger partial charge in [-0.25, -0.2) is 9.37 Å². The van der Waals surface area contributed by atoms with Crippen molar-refractivity contribution >= 4 is 23.7 Å². The number of primary amides is 1. The smallest absolute Gasteiger partial charge is 0.252 e. The lowest BCUT2D eigenvalue weighted by molar-refractivity contribution is -0.126. The number of benzene rings is 1. The van der Waals surface area contributed by atoms with Gasteiger partial charge in [-0.2, -0.15) is 0 Å². The van der Waals surface area contributed by atoms with Gasteiger partial charge in [-0.1, -0.05) is 18.2 Å². The fourth-order valence-electron chi connectivity index (χ4n) is 2.86. The van der Waals surface area contributed by atoms with Crippen LogP contribution in [-0.2, 0) is 4.79 Å². The van der Waals surface area contributed by atoms with Crippen molar-refractivity contribution in [1.82, 2.24) is 9.88 Å². The molecule has 0 atom stereocenters. The number of pyridine rings is 1. The number of anilines is 1. The summed E-state index contributed by atoms with van der Waals surface area (Å²) in [4.78, 5) is 31.7. The maximum atomic E-state index is 13.6. The fourth-order valence-corrected chi connectivity index (χ4v) is 2.86. The predicted molar refractivity (Wildman–Crippen MR) is 97.0 cm³/mol. The van der Waals surface area contributed by atoms with Crippen molar-refractivity contribution < 1.29 is 14.0 Å². The molecule has 7 heteroatoms. The minimum absolute atomic E-state index is 0.177. The Morgan fingerprint density at radius 2 is 1.81 bits per heavy atom. The number of amides is 2. The number of hydrogen-bond donors (Lipinski definition) is 1. The lowest BCUT2D eigenvalue weighted by Gasteiger charge is -2.35. The molecule has 26 heavy (non-hydrogen) atoms. The largest absolute Gasteiger partial charge is 0.365 e. The van der Waals surface area contributed by atoms with Crippen LogP contribution in [0.3, 0.4) is 0 Å². The van der Waals surface area contributed by atoms with Gasteiger partial charge < -0.3 is 15.5 Å². The highest BCUT2D eigenvalue weighted by atomic mass is 19.1. The van der Waals surface area contributed by atoms with Crippen LogP contribution in [0.25, 0.3) is 6.08 Å². The Morgan fingerprint density at radius 3 is 2.50 bits per heavy atom. The van der Waals surface area contributed by atoms with Crippen molar-refractivity contribution in [3.8, 4) is 0 Å². The number of carbonyl (C=O) groups is 2. The van der Waals surface area contributed by atoms with E-state index in [0.717, 1.165) is 0 Å². The van der Waals surface area contributed by atoms with E-state index >= 15 is 0 Å². The van der Waals surface area contributed by atoms with E-state index in [0.29, 0.717) is 43.1 Å². The van der Waals surface area contributed by atoms with Crippen molar-refractivity contribution in [3.63, 3.8) is 0 Å². The molecule has 2 amide bonds. The molecule has 6 nitrogen and oxygen atoms in total. The molecule has 1 fully saturated rings. The number of halogens is 1. The Kier molecular flexibility index (Phi) is 5.26. The molecular formula is C19H19FN4O2. The maximum Gasteiger partial charge on any atom is 0.252 e. The van der Waals surface area contributed by atoms with Gasteiger partial charge in [0.25, 0.3) is 5.91 Å². The van der Waals surface area contributed by atoms with Crippen molar-refractivity contribution in [2.75, 3.05) is 31.1 Å². The average molecular weight is 354 g/mol. The van der Waals surface area contributed by atoms with Gasteiger partial charge in [-0.15, -0.1) is 0 Å². The van der Waals surface area contributed by atoms with Crippen molar-refractivity contribution in [2.45, 2.75) is 0 Å². The molecule has 2 aromatic rings. The summed E-state index contributed by atoms with van der Waals surface area (Å²) in [6.45, 7) is 2.04. The molecule has 3 rings (SSSR count). The fraction of sp³-hybridized carbons (Fsp3) is 0.211. The number of nitrogens with zero attached hydrogens (tertiary/aromatic N) is 3. The van der Waals surface area contributed by atoms with Gasteiger partial charge in [0.1, 0.15) is 11.6 Å². The molecule has 0 bridgehead atoms. The third kappa shape index (κ3) is 3.88. The molecule has 0 spiro atoms. The van der Waals surface area contributed by atoms with E-state index in [1.54, 1.807) is 41.4 Å². The first-order valence-corrected chi connectivity index (χ1v) is 8.27. The molecule has 0 aliphatic carbocycles. The van der Waals surface area contributed by atoms with Gasteiger partial charge in [0.05, 0.1) is 5.56 Å². The molecule has 134 valence electrons. The monoisotopic (exact) mass is 354 g/mol. The third-order valence-electron chi connectivity index (χ3n) is 4.25. The Labute approximate surface area is 150 Å². The average Bonchev–Trinajstić information content (AvgIpc) is 2.67. The first-order valence-electron chi connectivity index (χ1n) is 8.27. The van der Waals surface area contributed by atoms with Gasteiger partial charge in [-0.3, -0.25) is 9.59 Å². The zero-order valence-corrected chi connectivity index (χ0v) is 14.1. The lowest BCUT2D eigenvalue weighted by atomic mass is 10.2. The van der Waals surface area contributed by atoms with E-state index in [2.05, 4.69) is 4.98 Å². The standard InChI is InChI=1S/C19H19FN4O2/c20-16-6-2-1-4-14(16)7-8-17(25)23-10-12-24(13-11-23)19-15(18(21)26)5-3-9-22-19/h1-9H,10-13H2,(H2,21,26)/b8-7+. The third-order valence-corrected chi connectivity index (χ3v) is 4.25. The number of piperazine rings is 1. The minimum Gasteiger partial charge on any atom is -0.365 e. The van der Waals surface area contributed by atoms with E-state index < -0.39 is 5.91 Å². The predicted octanol–water partition coefficient (Wildman–Crippen LogP) is 1.68. The summed E-state index contributed by atoms with van der Waals surface area (Å²) < 4.78 is 13.6. The first kappa shape index (κ1) is 17.6. The van der Waals surface area contributed by atoms with Crippen molar-refractivity contribution in [2.24, 2.45) is 5.73 Å². The molecular weight excluding hydrogens is 335 g/mol. The molecule has 2 heterocycles. The molecule has 1 aliphatic heterocycles. The molecule has 1 aromatic carbocycles. The molecule has 1 aliphatic rings. The van der Waals surface area contributed by atoms with Crippen LogP contribution in [0.15, 0.2) is 48.7 Å². The topological polar surface area (TPSA) is 79.5 Å². The van der Waals surface area contributed by atoms with Gasteiger partial charge in [0.2, 0.25) is 5.91 Å². The molecule has 1 saturated heterocycles. The highest BCUT2D eigenvalue weighted by Gasteiger charge is 2.23. The van der Waals surface area contributed by atoms with E-state index in [9.17, 15) is 14.0 Å². The summed E-state index contributed by atoms with van der Waals surface area (Å²) in [5.74, 6) is -0.534. The Bertz CT molecular complexity index is 845. The first-order chi connectivity index (χ1) is 12.6. The molecule has 1 aromatic heterocycles. The second-order valence-corrected chi connectivity index (χ2v) is 5.91. The zero-order valence-electron chi connectivity index (χ0n) is 14.1. The second-order valence-electron chi connectivity index (χ2n) is 5.91. The molecule has 0 radical (unpaired) electrons. The number of hydrogen-bond acceptors (Lipinski definition) is 4. The number of nitrogens with two attached hydrogens (primary N) is 1. The van der Waals surface area contributed by atoms with E-state index in [-0.39, 0.29) is 11.7 Å². The maximum absolute atomic E-state index is 13.6.